The van der Waals surface area contributed by atoms with E-state index in [0.717, 1.165) is 4.70 Å². The number of carbonyl (C=O) groups excluding carboxylic acids is 1. The molecule has 158 valence electrons. The van der Waals surface area contributed by atoms with Gasteiger partial charge < -0.3 is 24.4 Å². The first-order valence-corrected chi connectivity index (χ1v) is 10.4. The van der Waals surface area contributed by atoms with E-state index in [1.54, 1.807) is 43.4 Å². The zero-order valence-electron chi connectivity index (χ0n) is 16.7. The van der Waals surface area contributed by atoms with E-state index < -0.39 is 0 Å². The summed E-state index contributed by atoms with van der Waals surface area (Å²) < 4.78 is 31.0. The summed E-state index contributed by atoms with van der Waals surface area (Å²) in [6.45, 7) is 1.10. The van der Waals surface area contributed by atoms with E-state index in [4.69, 9.17) is 14.2 Å². The molecular weight excluding hydrogens is 409 g/mol. The number of amides is 2. The van der Waals surface area contributed by atoms with Crippen LogP contribution in [0.3, 0.4) is 0 Å². The predicted octanol–water partition coefficient (Wildman–Crippen LogP) is 4.53. The van der Waals surface area contributed by atoms with Gasteiger partial charge in [0.25, 0.3) is 5.19 Å². The van der Waals surface area contributed by atoms with Gasteiger partial charge in [-0.2, -0.15) is 4.98 Å². The second-order valence-electron chi connectivity index (χ2n) is 6.87. The van der Waals surface area contributed by atoms with E-state index >= 15 is 0 Å². The Hall–Kier alpha value is -3.07. The number of likely N-dealkylation sites (tertiary alicyclic amines) is 1. The molecule has 4 rings (SSSR count). The normalized spacial score (nSPS) is 14.6. The minimum absolute atomic E-state index is 0.0619. The summed E-state index contributed by atoms with van der Waals surface area (Å²) in [5.74, 6) is 0.834. The fraction of sp³-hybridized carbons (Fsp3) is 0.333. The van der Waals surface area contributed by atoms with Crippen LogP contribution < -0.4 is 19.5 Å². The number of halogens is 1. The van der Waals surface area contributed by atoms with Gasteiger partial charge >= 0.3 is 6.03 Å². The number of urea groups is 1. The fourth-order valence-corrected chi connectivity index (χ4v) is 4.26. The average molecular weight is 431 g/mol. The molecule has 1 aromatic heterocycles. The van der Waals surface area contributed by atoms with Crippen LogP contribution in [0.25, 0.3) is 10.2 Å². The number of methoxy groups -OCH3 is 2. The van der Waals surface area contributed by atoms with E-state index in [0.29, 0.717) is 53.8 Å². The number of benzene rings is 2. The Morgan fingerprint density at radius 2 is 2.00 bits per heavy atom. The average Bonchev–Trinajstić information content (AvgIpc) is 3.18. The first kappa shape index (κ1) is 20.2. The highest BCUT2D eigenvalue weighted by Gasteiger charge is 2.25. The van der Waals surface area contributed by atoms with Crippen molar-refractivity contribution < 1.29 is 23.4 Å². The zero-order valence-corrected chi connectivity index (χ0v) is 17.5. The highest BCUT2D eigenvalue weighted by molar-refractivity contribution is 7.20. The fourth-order valence-electron chi connectivity index (χ4n) is 3.36. The van der Waals surface area contributed by atoms with Gasteiger partial charge in [-0.25, -0.2) is 9.18 Å². The Morgan fingerprint density at radius 3 is 2.70 bits per heavy atom. The van der Waals surface area contributed by atoms with Crippen molar-refractivity contribution in [1.82, 2.24) is 9.88 Å². The minimum atomic E-state index is -0.348. The van der Waals surface area contributed by atoms with Crippen LogP contribution in [0.1, 0.15) is 12.8 Å². The number of fused-ring (bicyclic) bond motifs is 1. The number of aromatic nitrogens is 1. The smallest absolute Gasteiger partial charge is 0.321 e. The van der Waals surface area contributed by atoms with Crippen molar-refractivity contribution in [2.75, 3.05) is 32.6 Å². The van der Waals surface area contributed by atoms with Gasteiger partial charge in [-0.05, 0) is 24.3 Å². The van der Waals surface area contributed by atoms with Crippen LogP contribution in [0.4, 0.5) is 14.9 Å². The van der Waals surface area contributed by atoms with E-state index in [2.05, 4.69) is 10.3 Å². The van der Waals surface area contributed by atoms with Gasteiger partial charge in [-0.1, -0.05) is 17.4 Å². The van der Waals surface area contributed by atoms with Crippen LogP contribution in [0.5, 0.6) is 16.7 Å². The molecule has 7 nitrogen and oxygen atoms in total. The monoisotopic (exact) mass is 431 g/mol. The molecule has 0 aliphatic carbocycles. The van der Waals surface area contributed by atoms with Crippen molar-refractivity contribution in [3.63, 3.8) is 0 Å². The van der Waals surface area contributed by atoms with Gasteiger partial charge in [-0.15, -0.1) is 0 Å². The highest BCUT2D eigenvalue weighted by Crippen LogP contribution is 2.32. The standard InChI is InChI=1S/C21H22FN3O4S/c1-27-14-6-7-16(17(12-14)28-2)23-20(26)25-10-8-13(9-11-25)29-21-24-19-15(22)4-3-5-18(19)30-21/h3-7,12-13H,8-11H2,1-2H3,(H,23,26). The van der Waals surface area contributed by atoms with Crippen molar-refractivity contribution in [2.45, 2.75) is 18.9 Å². The predicted molar refractivity (Wildman–Crippen MR) is 113 cm³/mol. The highest BCUT2D eigenvalue weighted by atomic mass is 32.1. The molecule has 1 N–H and O–H groups in total. The molecule has 0 bridgehead atoms. The van der Waals surface area contributed by atoms with Gasteiger partial charge in [0.1, 0.15) is 28.9 Å². The summed E-state index contributed by atoms with van der Waals surface area (Å²) >= 11 is 1.33. The quantitative estimate of drug-likeness (QED) is 0.643. The number of nitrogens with zero attached hydrogens (tertiary/aromatic N) is 2. The number of nitrogens with one attached hydrogen (secondary N) is 1. The summed E-state index contributed by atoms with van der Waals surface area (Å²) in [6.07, 6.45) is 1.28. The molecule has 1 saturated heterocycles. The number of thiazole rings is 1. The van der Waals surface area contributed by atoms with Gasteiger partial charge in [0, 0.05) is 32.0 Å². The van der Waals surface area contributed by atoms with Gasteiger partial charge in [0.05, 0.1) is 24.6 Å². The van der Waals surface area contributed by atoms with E-state index in [-0.39, 0.29) is 18.0 Å². The maximum absolute atomic E-state index is 13.8. The summed E-state index contributed by atoms with van der Waals surface area (Å²) in [5.41, 5.74) is 0.918. The minimum Gasteiger partial charge on any atom is -0.497 e. The lowest BCUT2D eigenvalue weighted by molar-refractivity contribution is 0.115. The van der Waals surface area contributed by atoms with Gasteiger partial charge in [-0.3, -0.25) is 0 Å². The first-order chi connectivity index (χ1) is 14.6. The second-order valence-corrected chi connectivity index (χ2v) is 7.86. The number of para-hydroxylation sites is 1. The Balaban J connectivity index is 1.33. The maximum Gasteiger partial charge on any atom is 0.321 e. The molecule has 1 aliphatic heterocycles. The molecule has 0 unspecified atom stereocenters. The first-order valence-electron chi connectivity index (χ1n) is 9.57. The molecule has 1 aliphatic rings. The van der Waals surface area contributed by atoms with Crippen LogP contribution in [0.15, 0.2) is 36.4 Å². The van der Waals surface area contributed by atoms with Crippen molar-refractivity contribution in [1.29, 1.82) is 0 Å². The number of rotatable bonds is 5. The summed E-state index contributed by atoms with van der Waals surface area (Å²) in [6, 6.07) is 9.91. The van der Waals surface area contributed by atoms with Gasteiger partial charge in [0.2, 0.25) is 0 Å². The third-order valence-corrected chi connectivity index (χ3v) is 5.91. The Labute approximate surface area is 177 Å². The Bertz CT molecular complexity index is 1050. The van der Waals surface area contributed by atoms with Crippen molar-refractivity contribution in [3.05, 3.63) is 42.2 Å². The number of ether oxygens (including phenoxy) is 3. The molecule has 0 spiro atoms. The zero-order chi connectivity index (χ0) is 21.1. The maximum atomic E-state index is 13.8. The molecule has 0 radical (unpaired) electrons. The molecule has 2 heterocycles. The number of anilines is 1. The number of piperidine rings is 1. The topological polar surface area (TPSA) is 72.9 Å². The molecule has 2 aromatic carbocycles. The lowest BCUT2D eigenvalue weighted by atomic mass is 10.1. The van der Waals surface area contributed by atoms with Crippen LogP contribution in [0, 0.1) is 5.82 Å². The molecule has 30 heavy (non-hydrogen) atoms. The van der Waals surface area contributed by atoms with Crippen molar-refractivity contribution in [2.24, 2.45) is 0 Å². The molecule has 1 fully saturated rings. The third kappa shape index (κ3) is 4.25. The second kappa shape index (κ2) is 8.74. The van der Waals surface area contributed by atoms with Crippen LogP contribution in [-0.4, -0.2) is 49.3 Å². The summed E-state index contributed by atoms with van der Waals surface area (Å²) in [4.78, 5) is 18.6. The van der Waals surface area contributed by atoms with Crippen LogP contribution in [0.2, 0.25) is 0 Å². The molecule has 2 amide bonds. The molecule has 0 atom stereocenters. The Morgan fingerprint density at radius 1 is 1.20 bits per heavy atom. The molecule has 0 saturated carbocycles. The number of hydrogen-bond donors (Lipinski definition) is 1. The number of hydrogen-bond acceptors (Lipinski definition) is 6. The third-order valence-electron chi connectivity index (χ3n) is 5.00. The SMILES string of the molecule is COc1ccc(NC(=O)N2CCC(Oc3nc4c(F)cccc4s3)CC2)c(OC)c1. The van der Waals surface area contributed by atoms with E-state index in [1.807, 2.05) is 6.07 Å². The van der Waals surface area contributed by atoms with E-state index in [9.17, 15) is 9.18 Å². The summed E-state index contributed by atoms with van der Waals surface area (Å²) in [5, 5.41) is 3.34. The lowest BCUT2D eigenvalue weighted by Crippen LogP contribution is -2.43. The molecule has 3 aromatic rings. The Kier molecular flexibility index (Phi) is 5.89. The molecule has 9 heteroatoms. The van der Waals surface area contributed by atoms with Crippen molar-refractivity contribution >= 4 is 33.3 Å². The van der Waals surface area contributed by atoms with E-state index in [1.165, 1.54) is 17.4 Å². The number of carbonyl (C=O) groups is 1. The molecular formula is C21H22FN3O4S. The largest absolute Gasteiger partial charge is 0.497 e. The van der Waals surface area contributed by atoms with Crippen LogP contribution >= 0.6 is 11.3 Å². The van der Waals surface area contributed by atoms with Gasteiger partial charge in [0.15, 0.2) is 0 Å². The van der Waals surface area contributed by atoms with Crippen LogP contribution in [-0.2, 0) is 0 Å². The lowest BCUT2D eigenvalue weighted by Gasteiger charge is -2.31. The van der Waals surface area contributed by atoms with Crippen molar-refractivity contribution in [3.8, 4) is 16.7 Å². The summed E-state index contributed by atoms with van der Waals surface area (Å²) in [7, 11) is 3.12.